The quantitative estimate of drug-likeness (QED) is 0.276. The zero-order valence-corrected chi connectivity index (χ0v) is 26.6. The molecule has 5 atom stereocenters. The number of allylic oxidation sites excluding steroid dienone is 1. The van der Waals surface area contributed by atoms with Gasteiger partial charge in [-0.1, -0.05) is 70.4 Å². The van der Waals surface area contributed by atoms with Gasteiger partial charge in [0.1, 0.15) is 5.75 Å². The van der Waals surface area contributed by atoms with Crippen molar-refractivity contribution in [3.05, 3.63) is 70.3 Å². The standard InChI is InChI=1S/C31H39ClN2O3S.C3H8/c1-3-5-21-14-25(32)10-12-26(21)24-17-34-16-23-8-11-27(23)29(35)7-4-6-20(2)19-38-33-31(36)22-9-13-30(37-18-24)28(34)15-22;1-3-2/h4,7,9-10,12-15,20,23-24,27,29,35H,3,5-6,8,11,16-19H2,1-2H3,(H,33,36);3H2,1-2H3/b7-4+;/t20-,23?,24?,27?,29?;/m1./s1. The Kier molecular flexibility index (Phi) is 11.9. The van der Waals surface area contributed by atoms with Crippen LogP contribution in [0.15, 0.2) is 48.6 Å². The summed E-state index contributed by atoms with van der Waals surface area (Å²) in [5, 5.41) is 11.8. The highest BCUT2D eigenvalue weighted by molar-refractivity contribution is 7.97. The van der Waals surface area contributed by atoms with Crippen molar-refractivity contribution in [1.82, 2.24) is 4.72 Å². The first kappa shape index (κ1) is 31.8. The van der Waals surface area contributed by atoms with Crippen LogP contribution in [0.2, 0.25) is 5.02 Å². The van der Waals surface area contributed by atoms with Crippen molar-refractivity contribution in [1.29, 1.82) is 0 Å². The molecule has 2 N–H and O–H groups in total. The van der Waals surface area contributed by atoms with E-state index in [1.54, 1.807) is 0 Å². The largest absolute Gasteiger partial charge is 0.491 e. The molecule has 0 spiro atoms. The van der Waals surface area contributed by atoms with Crippen molar-refractivity contribution < 1.29 is 14.6 Å². The summed E-state index contributed by atoms with van der Waals surface area (Å²) in [6, 6.07) is 12.0. The van der Waals surface area contributed by atoms with Crippen LogP contribution in [0, 0.1) is 17.8 Å². The van der Waals surface area contributed by atoms with E-state index in [0.717, 1.165) is 67.4 Å². The van der Waals surface area contributed by atoms with E-state index in [9.17, 15) is 9.90 Å². The van der Waals surface area contributed by atoms with Crippen LogP contribution in [-0.4, -0.2) is 42.6 Å². The van der Waals surface area contributed by atoms with Crippen LogP contribution in [0.3, 0.4) is 0 Å². The van der Waals surface area contributed by atoms with Gasteiger partial charge in [0.05, 0.1) is 18.4 Å². The van der Waals surface area contributed by atoms with Gasteiger partial charge in [-0.2, -0.15) is 0 Å². The number of ether oxygens (including phenoxy) is 1. The fourth-order valence-corrected chi connectivity index (χ4v) is 6.93. The minimum absolute atomic E-state index is 0.0757. The number of nitrogens with one attached hydrogen (secondary N) is 1. The predicted octanol–water partition coefficient (Wildman–Crippen LogP) is 8.05. The van der Waals surface area contributed by atoms with E-state index in [1.807, 2.05) is 30.3 Å². The number of hydrogen-bond acceptors (Lipinski definition) is 5. The van der Waals surface area contributed by atoms with Gasteiger partial charge in [0.2, 0.25) is 0 Å². The molecule has 1 aliphatic carbocycles. The van der Waals surface area contributed by atoms with Gasteiger partial charge in [-0.3, -0.25) is 9.52 Å². The molecule has 2 aromatic carbocycles. The molecule has 5 nitrogen and oxygen atoms in total. The Hall–Kier alpha value is -2.15. The van der Waals surface area contributed by atoms with Crippen molar-refractivity contribution in [3.63, 3.8) is 0 Å². The smallest absolute Gasteiger partial charge is 0.261 e. The molecule has 3 aliphatic rings. The van der Waals surface area contributed by atoms with E-state index < -0.39 is 6.10 Å². The number of aliphatic hydroxyl groups excluding tert-OH is 1. The maximum Gasteiger partial charge on any atom is 0.261 e. The zero-order chi connectivity index (χ0) is 29.4. The second-order valence-corrected chi connectivity index (χ2v) is 13.2. The number of aliphatic hydroxyl groups is 1. The van der Waals surface area contributed by atoms with E-state index in [4.69, 9.17) is 16.3 Å². The lowest BCUT2D eigenvalue weighted by Crippen LogP contribution is -2.44. The van der Waals surface area contributed by atoms with E-state index in [1.165, 1.54) is 29.5 Å². The first-order chi connectivity index (χ1) is 19.8. The molecular weight excluding hydrogens is 552 g/mol. The Morgan fingerprint density at radius 1 is 1.12 bits per heavy atom. The van der Waals surface area contributed by atoms with Gasteiger partial charge in [0.15, 0.2) is 0 Å². The van der Waals surface area contributed by atoms with Crippen molar-refractivity contribution in [2.24, 2.45) is 17.8 Å². The molecule has 0 radical (unpaired) electrons. The summed E-state index contributed by atoms with van der Waals surface area (Å²) >= 11 is 7.83. The van der Waals surface area contributed by atoms with Crippen molar-refractivity contribution in [3.8, 4) is 5.75 Å². The highest BCUT2D eigenvalue weighted by Crippen LogP contribution is 2.42. The second kappa shape index (κ2) is 15.4. The summed E-state index contributed by atoms with van der Waals surface area (Å²) in [5.41, 5.74) is 4.17. The van der Waals surface area contributed by atoms with Gasteiger partial charge in [-0.25, -0.2) is 0 Å². The predicted molar refractivity (Wildman–Crippen MR) is 173 cm³/mol. The number of amides is 1. The number of aryl methyl sites for hydroxylation is 1. The molecule has 2 bridgehead atoms. The van der Waals surface area contributed by atoms with E-state index in [2.05, 4.69) is 55.5 Å². The zero-order valence-electron chi connectivity index (χ0n) is 25.1. The minimum atomic E-state index is -0.418. The number of anilines is 1. The Morgan fingerprint density at radius 2 is 1.93 bits per heavy atom. The number of benzene rings is 2. The fourth-order valence-electron chi connectivity index (χ4n) is 5.98. The molecule has 1 fully saturated rings. The summed E-state index contributed by atoms with van der Waals surface area (Å²) in [6.07, 6.45) is 10.0. The average molecular weight is 599 g/mol. The first-order valence-corrected chi connectivity index (χ1v) is 16.8. The lowest BCUT2D eigenvalue weighted by molar-refractivity contribution is 0.0461. The maximum absolute atomic E-state index is 13.0. The van der Waals surface area contributed by atoms with Crippen LogP contribution < -0.4 is 14.4 Å². The van der Waals surface area contributed by atoms with Crippen LogP contribution >= 0.6 is 23.5 Å². The van der Waals surface area contributed by atoms with Gasteiger partial charge < -0.3 is 14.7 Å². The number of carbonyl (C=O) groups excluding carboxylic acids is 1. The van der Waals surface area contributed by atoms with E-state index >= 15 is 0 Å². The van der Waals surface area contributed by atoms with Crippen LogP contribution in [0.4, 0.5) is 5.69 Å². The Morgan fingerprint density at radius 3 is 2.66 bits per heavy atom. The van der Waals surface area contributed by atoms with Crippen LogP contribution in [0.25, 0.3) is 0 Å². The molecular formula is C34H47ClN2O3S. The van der Waals surface area contributed by atoms with Crippen molar-refractivity contribution in [2.75, 3.05) is 30.3 Å². The van der Waals surface area contributed by atoms with Gasteiger partial charge in [-0.05, 0) is 96.8 Å². The van der Waals surface area contributed by atoms with E-state index in [-0.39, 0.29) is 17.7 Å². The Labute approximate surface area is 256 Å². The summed E-state index contributed by atoms with van der Waals surface area (Å²) in [7, 11) is 0. The molecule has 2 heterocycles. The van der Waals surface area contributed by atoms with E-state index in [0.29, 0.717) is 24.0 Å². The van der Waals surface area contributed by atoms with Crippen LogP contribution in [0.1, 0.15) is 87.2 Å². The first-order valence-electron chi connectivity index (χ1n) is 15.4. The molecule has 7 heteroatoms. The molecule has 5 rings (SSSR count). The van der Waals surface area contributed by atoms with Gasteiger partial charge in [0, 0.05) is 35.3 Å². The third-order valence-electron chi connectivity index (χ3n) is 8.28. The summed E-state index contributed by atoms with van der Waals surface area (Å²) in [6.45, 7) is 10.8. The van der Waals surface area contributed by atoms with Crippen molar-refractivity contribution in [2.45, 2.75) is 78.2 Å². The second-order valence-electron chi connectivity index (χ2n) is 11.9. The average Bonchev–Trinajstić information content (AvgIpc) is 3.10. The van der Waals surface area contributed by atoms with Crippen LogP contribution in [-0.2, 0) is 6.42 Å². The molecule has 4 unspecified atom stereocenters. The highest BCUT2D eigenvalue weighted by atomic mass is 35.5. The Bertz CT molecular complexity index is 1190. The minimum Gasteiger partial charge on any atom is -0.491 e. The molecule has 2 aromatic rings. The maximum atomic E-state index is 13.0. The number of hydrogen-bond donors (Lipinski definition) is 2. The molecule has 41 heavy (non-hydrogen) atoms. The number of fused-ring (bicyclic) bond motifs is 2. The highest BCUT2D eigenvalue weighted by Gasteiger charge is 2.38. The number of carbonyl (C=O) groups is 1. The number of nitrogens with zero attached hydrogens (tertiary/aromatic N) is 1. The molecule has 0 saturated heterocycles. The summed E-state index contributed by atoms with van der Waals surface area (Å²) in [4.78, 5) is 15.4. The summed E-state index contributed by atoms with van der Waals surface area (Å²) < 4.78 is 9.44. The molecule has 0 aromatic heterocycles. The SMILES string of the molecule is CCC.CCCc1cc(Cl)ccc1C1COc2ccc3cc2N(C1)CC1CCC1C(O)/C=C/C[C@@H](C)CSNC3=O. The normalized spacial score (nSPS) is 27.1. The van der Waals surface area contributed by atoms with Gasteiger partial charge >= 0.3 is 0 Å². The monoisotopic (exact) mass is 598 g/mol. The third-order valence-corrected chi connectivity index (χ3v) is 9.58. The lowest BCUT2D eigenvalue weighted by Gasteiger charge is -2.42. The number of halogens is 1. The lowest BCUT2D eigenvalue weighted by atomic mass is 9.70. The van der Waals surface area contributed by atoms with Crippen LogP contribution in [0.5, 0.6) is 5.75 Å². The fraction of sp³-hybridized carbons (Fsp3) is 0.559. The van der Waals surface area contributed by atoms with Crippen molar-refractivity contribution >= 4 is 35.1 Å². The molecule has 1 amide bonds. The molecule has 224 valence electrons. The molecule has 1 saturated carbocycles. The third kappa shape index (κ3) is 8.24. The topological polar surface area (TPSA) is 61.8 Å². The van der Waals surface area contributed by atoms with Gasteiger partial charge in [-0.15, -0.1) is 0 Å². The molecule has 2 aliphatic heterocycles. The number of rotatable bonds is 3. The van der Waals surface area contributed by atoms with Gasteiger partial charge in [0.25, 0.3) is 5.91 Å². The Balaban J connectivity index is 0.00000124. The summed E-state index contributed by atoms with van der Waals surface area (Å²) in [5.74, 6) is 2.78.